The molecule has 0 rings (SSSR count). The van der Waals surface area contributed by atoms with Crippen molar-refractivity contribution in [2.45, 2.75) is 52.2 Å². The smallest absolute Gasteiger partial charge is 0.438 e. The van der Waals surface area contributed by atoms with Gasteiger partial charge in [0.05, 0.1) is 6.61 Å². The summed E-state index contributed by atoms with van der Waals surface area (Å²) in [6, 6.07) is 0. The number of hydrogen-bond donors (Lipinski definition) is 1. The lowest BCUT2D eigenvalue weighted by atomic mass is 10.1. The minimum absolute atomic E-state index is 0.330. The zero-order valence-electron chi connectivity index (χ0n) is 10.4. The molecule has 15 heavy (non-hydrogen) atoms. The molecule has 4 nitrogen and oxygen atoms in total. The second kappa shape index (κ2) is 5.04. The van der Waals surface area contributed by atoms with E-state index in [9.17, 15) is 9.36 Å². The van der Waals surface area contributed by atoms with Gasteiger partial charge in [0.1, 0.15) is 0 Å². The molecule has 0 heterocycles. The van der Waals surface area contributed by atoms with Crippen LogP contribution >= 0.6 is 7.95 Å². The lowest BCUT2D eigenvalue weighted by molar-refractivity contribution is -0.148. The first-order valence-corrected chi connectivity index (χ1v) is 6.29. The maximum absolute atomic E-state index is 11.8. The van der Waals surface area contributed by atoms with Gasteiger partial charge in [0.15, 0.2) is 10.7 Å². The second-order valence-corrected chi connectivity index (χ2v) is 7.08. The van der Waals surface area contributed by atoms with Crippen LogP contribution in [0.5, 0.6) is 0 Å². The molecular formula is C10H21NO3P+. The van der Waals surface area contributed by atoms with Gasteiger partial charge in [-0.3, -0.25) is 0 Å². The molecule has 0 aliphatic rings. The van der Waals surface area contributed by atoms with Gasteiger partial charge in [-0.05, 0) is 46.1 Å². The van der Waals surface area contributed by atoms with Crippen molar-refractivity contribution < 1.29 is 14.1 Å². The Kier molecular flexibility index (Phi) is 4.88. The molecule has 0 aromatic heterocycles. The molecule has 1 atom stereocenters. The summed E-state index contributed by atoms with van der Waals surface area (Å²) in [6.07, 6.45) is 0. The maximum Gasteiger partial charge on any atom is 0.438 e. The van der Waals surface area contributed by atoms with Crippen LogP contribution in [-0.2, 0) is 14.1 Å². The van der Waals surface area contributed by atoms with E-state index in [1.54, 1.807) is 20.8 Å². The minimum atomic E-state index is -1.65. The predicted molar refractivity (Wildman–Crippen MR) is 61.2 cm³/mol. The number of carbonyl (C=O) groups is 1. The highest BCUT2D eigenvalue weighted by atomic mass is 31.1. The molecule has 0 aromatic rings. The first-order chi connectivity index (χ1) is 6.61. The van der Waals surface area contributed by atoms with Crippen molar-refractivity contribution in [2.75, 3.05) is 6.61 Å². The van der Waals surface area contributed by atoms with Crippen LogP contribution in [0.1, 0.15) is 41.5 Å². The molecule has 0 aromatic carbocycles. The topological polar surface area (TPSA) is 55.4 Å². The fraction of sp³-hybridized carbons (Fsp3) is 0.900. The molecule has 0 radical (unpaired) electrons. The van der Waals surface area contributed by atoms with Crippen LogP contribution in [0.25, 0.3) is 0 Å². The molecular weight excluding hydrogens is 213 g/mol. The van der Waals surface area contributed by atoms with Gasteiger partial charge in [-0.1, -0.05) is 5.09 Å². The minimum Gasteiger partial charge on any atom is -0.465 e. The SMILES string of the molecule is CCOC(=O)C(C)(C)N[P+](=O)C(C)(C)C. The molecule has 0 saturated carbocycles. The quantitative estimate of drug-likeness (QED) is 0.599. The highest BCUT2D eigenvalue weighted by Gasteiger charge is 2.43. The summed E-state index contributed by atoms with van der Waals surface area (Å²) in [5.74, 6) is -0.377. The zero-order valence-corrected chi connectivity index (χ0v) is 11.3. The third-order valence-electron chi connectivity index (χ3n) is 1.78. The monoisotopic (exact) mass is 234 g/mol. The van der Waals surface area contributed by atoms with Gasteiger partial charge < -0.3 is 4.74 Å². The molecule has 0 spiro atoms. The standard InChI is InChI=1S/C10H21NO3P/c1-7-14-8(12)10(5,6)11-15(13)9(2,3)4/h7H2,1-6H3,(H,11,13)/q+1. The van der Waals surface area contributed by atoms with Crippen LogP contribution < -0.4 is 5.09 Å². The van der Waals surface area contributed by atoms with E-state index in [2.05, 4.69) is 5.09 Å². The van der Waals surface area contributed by atoms with Gasteiger partial charge in [0.2, 0.25) is 0 Å². The Morgan fingerprint density at radius 2 is 1.73 bits per heavy atom. The van der Waals surface area contributed by atoms with Crippen LogP contribution in [0, 0.1) is 0 Å². The van der Waals surface area contributed by atoms with E-state index in [1.807, 2.05) is 20.8 Å². The van der Waals surface area contributed by atoms with Crippen LogP contribution in [0.2, 0.25) is 0 Å². The Morgan fingerprint density at radius 1 is 1.27 bits per heavy atom. The van der Waals surface area contributed by atoms with E-state index >= 15 is 0 Å². The maximum atomic E-state index is 11.8. The fourth-order valence-electron chi connectivity index (χ4n) is 0.779. The average Bonchev–Trinajstić information content (AvgIpc) is 2.02. The number of ether oxygens (including phenoxy) is 1. The molecule has 1 N–H and O–H groups in total. The fourth-order valence-corrected chi connectivity index (χ4v) is 1.71. The Bertz CT molecular complexity index is 256. The van der Waals surface area contributed by atoms with Gasteiger partial charge in [-0.2, -0.15) is 0 Å². The largest absolute Gasteiger partial charge is 0.465 e. The van der Waals surface area contributed by atoms with Crippen LogP contribution in [-0.4, -0.2) is 23.3 Å². The Hall–Kier alpha value is -0.470. The summed E-state index contributed by atoms with van der Waals surface area (Å²) in [4.78, 5) is 11.5. The van der Waals surface area contributed by atoms with Crippen molar-refractivity contribution in [3.63, 3.8) is 0 Å². The molecule has 88 valence electrons. The number of hydrogen-bond acceptors (Lipinski definition) is 3. The molecule has 0 aliphatic carbocycles. The van der Waals surface area contributed by atoms with Gasteiger partial charge in [0.25, 0.3) is 0 Å². The number of carbonyl (C=O) groups excluding carboxylic acids is 1. The van der Waals surface area contributed by atoms with Gasteiger partial charge in [-0.15, -0.1) is 0 Å². The van der Waals surface area contributed by atoms with E-state index in [0.29, 0.717) is 6.61 Å². The van der Waals surface area contributed by atoms with Crippen molar-refractivity contribution in [2.24, 2.45) is 0 Å². The van der Waals surface area contributed by atoms with E-state index in [1.165, 1.54) is 0 Å². The third kappa shape index (κ3) is 4.72. The summed E-state index contributed by atoms with van der Waals surface area (Å²) in [6.45, 7) is 11.0. The van der Waals surface area contributed by atoms with Crippen molar-refractivity contribution >= 4 is 13.9 Å². The summed E-state index contributed by atoms with van der Waals surface area (Å²) >= 11 is 0. The van der Waals surface area contributed by atoms with Gasteiger partial charge >= 0.3 is 13.9 Å². The van der Waals surface area contributed by atoms with E-state index < -0.39 is 13.5 Å². The summed E-state index contributed by atoms with van der Waals surface area (Å²) < 4.78 is 16.7. The van der Waals surface area contributed by atoms with E-state index in [0.717, 1.165) is 0 Å². The first-order valence-electron chi connectivity index (χ1n) is 5.03. The first kappa shape index (κ1) is 14.5. The number of rotatable bonds is 4. The van der Waals surface area contributed by atoms with Crippen molar-refractivity contribution in [1.82, 2.24) is 5.09 Å². The molecule has 0 aliphatic heterocycles. The lowest BCUT2D eigenvalue weighted by Gasteiger charge is -2.19. The summed E-state index contributed by atoms with van der Waals surface area (Å²) in [5.41, 5.74) is -0.906. The molecule has 5 heteroatoms. The number of nitrogens with one attached hydrogen (secondary N) is 1. The molecule has 1 unspecified atom stereocenters. The Balaban J connectivity index is 4.51. The Morgan fingerprint density at radius 3 is 2.07 bits per heavy atom. The normalized spacial score (nSPS) is 13.6. The summed E-state index contributed by atoms with van der Waals surface area (Å²) in [7, 11) is -1.65. The molecule has 0 bridgehead atoms. The van der Waals surface area contributed by atoms with Gasteiger partial charge in [0, 0.05) is 0 Å². The van der Waals surface area contributed by atoms with Crippen molar-refractivity contribution in [3.8, 4) is 0 Å². The van der Waals surface area contributed by atoms with Crippen molar-refractivity contribution in [1.29, 1.82) is 0 Å². The van der Waals surface area contributed by atoms with E-state index in [4.69, 9.17) is 4.74 Å². The highest BCUT2D eigenvalue weighted by molar-refractivity contribution is 7.44. The highest BCUT2D eigenvalue weighted by Crippen LogP contribution is 2.36. The van der Waals surface area contributed by atoms with Crippen LogP contribution in [0.3, 0.4) is 0 Å². The Labute approximate surface area is 92.6 Å². The van der Waals surface area contributed by atoms with Crippen LogP contribution in [0.4, 0.5) is 0 Å². The number of esters is 1. The average molecular weight is 234 g/mol. The lowest BCUT2D eigenvalue weighted by Crippen LogP contribution is -2.45. The molecule has 0 amide bonds. The molecule has 0 saturated heterocycles. The van der Waals surface area contributed by atoms with Crippen LogP contribution in [0.15, 0.2) is 0 Å². The second-order valence-electron chi connectivity index (χ2n) is 4.92. The van der Waals surface area contributed by atoms with E-state index in [-0.39, 0.29) is 11.1 Å². The zero-order chi connectivity index (χ0) is 12.3. The summed E-state index contributed by atoms with van der Waals surface area (Å²) in [5, 5.41) is 2.45. The third-order valence-corrected chi connectivity index (χ3v) is 3.76. The molecule has 0 fully saturated rings. The predicted octanol–water partition coefficient (Wildman–Crippen LogP) is 2.46. The van der Waals surface area contributed by atoms with Gasteiger partial charge in [-0.25, -0.2) is 4.79 Å². The van der Waals surface area contributed by atoms with Crippen molar-refractivity contribution in [3.05, 3.63) is 0 Å².